The van der Waals surface area contributed by atoms with Gasteiger partial charge in [-0.15, -0.1) is 0 Å². The van der Waals surface area contributed by atoms with E-state index in [-0.39, 0.29) is 0 Å². The van der Waals surface area contributed by atoms with Gasteiger partial charge in [0.2, 0.25) is 0 Å². The van der Waals surface area contributed by atoms with E-state index in [0.29, 0.717) is 11.5 Å². The number of anilines is 1. The first-order valence-electron chi connectivity index (χ1n) is 10.5. The van der Waals surface area contributed by atoms with E-state index in [2.05, 4.69) is 48.3 Å². The van der Waals surface area contributed by atoms with Crippen LogP contribution in [0.5, 0.6) is 0 Å². The number of aromatic nitrogens is 7. The van der Waals surface area contributed by atoms with Gasteiger partial charge in [0.25, 0.3) is 0 Å². The Labute approximate surface area is 189 Å². The van der Waals surface area contributed by atoms with Crippen LogP contribution in [0.4, 0.5) is 5.69 Å². The summed E-state index contributed by atoms with van der Waals surface area (Å²) in [5, 5.41) is 8.46. The van der Waals surface area contributed by atoms with Crippen LogP contribution in [0.1, 0.15) is 0 Å². The van der Waals surface area contributed by atoms with Crippen molar-refractivity contribution in [3.8, 4) is 33.8 Å². The Balaban J connectivity index is 1.48. The van der Waals surface area contributed by atoms with Gasteiger partial charge in [0.1, 0.15) is 5.69 Å². The molecule has 0 saturated carbocycles. The van der Waals surface area contributed by atoms with Gasteiger partial charge in [-0.3, -0.25) is 15.1 Å². The lowest BCUT2D eigenvalue weighted by Crippen LogP contribution is -2.08. The molecular weight excluding hydrogens is 412 g/mol. The second-order valence-electron chi connectivity index (χ2n) is 8.04. The number of aromatic amines is 2. The van der Waals surface area contributed by atoms with Gasteiger partial charge in [0.15, 0.2) is 11.5 Å². The number of nitrogens with zero attached hydrogens (tertiary/aromatic N) is 6. The maximum atomic E-state index is 4.92. The minimum Gasteiger partial charge on any atom is -0.376 e. The van der Waals surface area contributed by atoms with E-state index in [0.717, 1.165) is 50.1 Å². The highest BCUT2D eigenvalue weighted by Crippen LogP contribution is 2.32. The lowest BCUT2D eigenvalue weighted by atomic mass is 10.1. The van der Waals surface area contributed by atoms with Crippen LogP contribution >= 0.6 is 0 Å². The van der Waals surface area contributed by atoms with Gasteiger partial charge in [-0.1, -0.05) is 12.1 Å². The van der Waals surface area contributed by atoms with Crippen molar-refractivity contribution in [1.82, 2.24) is 35.1 Å². The molecule has 0 atom stereocenters. The van der Waals surface area contributed by atoms with Gasteiger partial charge in [-0.2, -0.15) is 5.10 Å². The summed E-state index contributed by atoms with van der Waals surface area (Å²) in [6, 6.07) is 14.3. The molecule has 0 amide bonds. The summed E-state index contributed by atoms with van der Waals surface area (Å²) < 4.78 is 0. The number of nitrogens with one attached hydrogen (secondary N) is 2. The molecule has 6 rings (SSSR count). The van der Waals surface area contributed by atoms with Crippen molar-refractivity contribution >= 4 is 27.8 Å². The van der Waals surface area contributed by atoms with Crippen molar-refractivity contribution in [2.45, 2.75) is 0 Å². The Kier molecular flexibility index (Phi) is 4.36. The second-order valence-corrected chi connectivity index (χ2v) is 8.04. The number of rotatable bonds is 4. The summed E-state index contributed by atoms with van der Waals surface area (Å²) in [7, 11) is 4.00. The van der Waals surface area contributed by atoms with Gasteiger partial charge >= 0.3 is 0 Å². The third kappa shape index (κ3) is 3.28. The van der Waals surface area contributed by atoms with E-state index < -0.39 is 0 Å². The summed E-state index contributed by atoms with van der Waals surface area (Å²) in [6.07, 6.45) is 9.10. The Morgan fingerprint density at radius 1 is 0.848 bits per heavy atom. The molecule has 0 aliphatic carbocycles. The van der Waals surface area contributed by atoms with Gasteiger partial charge in [0, 0.05) is 55.6 Å². The van der Waals surface area contributed by atoms with E-state index in [1.165, 1.54) is 0 Å². The normalized spacial score (nSPS) is 11.3. The predicted molar refractivity (Wildman–Crippen MR) is 130 cm³/mol. The lowest BCUT2D eigenvalue weighted by molar-refractivity contribution is 1.09. The summed E-state index contributed by atoms with van der Waals surface area (Å²) in [6.45, 7) is 0. The van der Waals surface area contributed by atoms with E-state index in [1.54, 1.807) is 12.4 Å². The molecule has 5 aromatic heterocycles. The monoisotopic (exact) mass is 432 g/mol. The zero-order chi connectivity index (χ0) is 22.4. The number of hydrogen-bond acceptors (Lipinski definition) is 6. The standard InChI is InChI=1S/C25H20N8/c1-33(2)18-10-16(12-27-14-18)17-11-20-23(31-32-24(20)28-13-17)25-29-21-5-3-4-19(22(21)30-25)15-6-8-26-9-7-15/h3-14H,1-2H3,(H,29,30)(H,28,31,32). The predicted octanol–water partition coefficient (Wildman–Crippen LogP) is 4.69. The fourth-order valence-electron chi connectivity index (χ4n) is 3.98. The minimum absolute atomic E-state index is 0.692. The summed E-state index contributed by atoms with van der Waals surface area (Å²) in [5.41, 5.74) is 8.38. The van der Waals surface area contributed by atoms with Crippen molar-refractivity contribution in [3.63, 3.8) is 0 Å². The van der Waals surface area contributed by atoms with Crippen molar-refractivity contribution in [3.05, 3.63) is 73.4 Å². The number of benzene rings is 1. The van der Waals surface area contributed by atoms with Crippen molar-refractivity contribution in [2.24, 2.45) is 0 Å². The van der Waals surface area contributed by atoms with Crippen LogP contribution in [0, 0.1) is 0 Å². The van der Waals surface area contributed by atoms with Crippen LogP contribution in [0.15, 0.2) is 73.4 Å². The van der Waals surface area contributed by atoms with E-state index in [1.807, 2.05) is 61.9 Å². The number of hydrogen-bond donors (Lipinski definition) is 2. The number of H-pyrrole nitrogens is 2. The molecule has 6 aromatic rings. The average Bonchev–Trinajstić information content (AvgIpc) is 3.48. The maximum absolute atomic E-state index is 4.92. The SMILES string of the molecule is CN(C)c1cncc(-c2cnc3[nH]nc(-c4nc5c(-c6ccncc6)cccc5[nH]4)c3c2)c1. The first-order valence-corrected chi connectivity index (χ1v) is 10.5. The van der Waals surface area contributed by atoms with Gasteiger partial charge in [-0.05, 0) is 35.9 Å². The average molecular weight is 432 g/mol. The quantitative estimate of drug-likeness (QED) is 0.419. The van der Waals surface area contributed by atoms with Crippen LogP contribution in [0.25, 0.3) is 55.8 Å². The molecule has 33 heavy (non-hydrogen) atoms. The molecule has 2 N–H and O–H groups in total. The fourth-order valence-corrected chi connectivity index (χ4v) is 3.98. The maximum Gasteiger partial charge on any atom is 0.159 e. The number of pyridine rings is 3. The van der Waals surface area contributed by atoms with Gasteiger partial charge in [0.05, 0.1) is 28.3 Å². The van der Waals surface area contributed by atoms with Crippen LogP contribution in [-0.4, -0.2) is 49.2 Å². The molecule has 8 heteroatoms. The summed E-state index contributed by atoms with van der Waals surface area (Å²) in [4.78, 5) is 23.5. The fraction of sp³-hybridized carbons (Fsp3) is 0.0800. The largest absolute Gasteiger partial charge is 0.376 e. The molecule has 0 unspecified atom stereocenters. The van der Waals surface area contributed by atoms with E-state index in [4.69, 9.17) is 4.98 Å². The lowest BCUT2D eigenvalue weighted by Gasteiger charge is -2.12. The third-order valence-electron chi connectivity index (χ3n) is 5.72. The highest BCUT2D eigenvalue weighted by atomic mass is 15.2. The molecule has 0 bridgehead atoms. The first-order chi connectivity index (χ1) is 16.2. The molecule has 0 radical (unpaired) electrons. The van der Waals surface area contributed by atoms with Crippen LogP contribution < -0.4 is 4.90 Å². The molecule has 0 aliphatic heterocycles. The van der Waals surface area contributed by atoms with Gasteiger partial charge in [-0.25, -0.2) is 9.97 Å². The van der Waals surface area contributed by atoms with E-state index in [9.17, 15) is 0 Å². The molecule has 5 heterocycles. The Morgan fingerprint density at radius 3 is 2.55 bits per heavy atom. The number of fused-ring (bicyclic) bond motifs is 2. The highest BCUT2D eigenvalue weighted by molar-refractivity contribution is 5.97. The van der Waals surface area contributed by atoms with Crippen LogP contribution in [0.3, 0.4) is 0 Å². The molecule has 0 saturated heterocycles. The molecule has 0 spiro atoms. The van der Waals surface area contributed by atoms with Gasteiger partial charge < -0.3 is 9.88 Å². The number of imidazole rings is 1. The van der Waals surface area contributed by atoms with E-state index >= 15 is 0 Å². The zero-order valence-electron chi connectivity index (χ0n) is 18.1. The molecule has 0 aliphatic rings. The molecule has 1 aromatic carbocycles. The smallest absolute Gasteiger partial charge is 0.159 e. The van der Waals surface area contributed by atoms with Crippen molar-refractivity contribution < 1.29 is 0 Å². The minimum atomic E-state index is 0.692. The van der Waals surface area contributed by atoms with Crippen LogP contribution in [0.2, 0.25) is 0 Å². The Hall–Kier alpha value is -4.59. The molecular formula is C25H20N8. The molecule has 0 fully saturated rings. The first kappa shape index (κ1) is 19.1. The van der Waals surface area contributed by atoms with Crippen LogP contribution in [-0.2, 0) is 0 Å². The van der Waals surface area contributed by atoms with Crippen molar-refractivity contribution in [2.75, 3.05) is 19.0 Å². The summed E-state index contributed by atoms with van der Waals surface area (Å²) >= 11 is 0. The Morgan fingerprint density at radius 2 is 1.70 bits per heavy atom. The molecule has 8 nitrogen and oxygen atoms in total. The van der Waals surface area contributed by atoms with Crippen molar-refractivity contribution in [1.29, 1.82) is 0 Å². The topological polar surface area (TPSA) is 99.3 Å². The zero-order valence-corrected chi connectivity index (χ0v) is 18.1. The second kappa shape index (κ2) is 7.52. The highest BCUT2D eigenvalue weighted by Gasteiger charge is 2.16. The molecule has 160 valence electrons. The Bertz CT molecular complexity index is 1600. The number of para-hydroxylation sites is 1. The third-order valence-corrected chi connectivity index (χ3v) is 5.72. The summed E-state index contributed by atoms with van der Waals surface area (Å²) in [5.74, 6) is 0.692.